The Bertz CT molecular complexity index is 376. The molecule has 0 amide bonds. The third kappa shape index (κ3) is 2.65. The van der Waals surface area contributed by atoms with E-state index in [0.717, 1.165) is 18.6 Å². The lowest BCUT2D eigenvalue weighted by Gasteiger charge is -2.09. The standard InChI is InChI=1S/C11H13F3N2/c1-7-4-8(7)6-16-10-5-9(2-3-15-10)11(12,13)14/h2-3,5,7-8H,4,6H2,1H3,(H,15,16). The van der Waals surface area contributed by atoms with E-state index in [0.29, 0.717) is 24.2 Å². The van der Waals surface area contributed by atoms with Gasteiger partial charge in [0.1, 0.15) is 5.82 Å². The molecule has 88 valence electrons. The molecule has 5 heteroatoms. The topological polar surface area (TPSA) is 24.9 Å². The number of anilines is 1. The van der Waals surface area contributed by atoms with Crippen molar-refractivity contribution in [1.29, 1.82) is 0 Å². The molecule has 1 aliphatic rings. The monoisotopic (exact) mass is 230 g/mol. The van der Waals surface area contributed by atoms with E-state index in [1.807, 2.05) is 0 Å². The molecular weight excluding hydrogens is 217 g/mol. The van der Waals surface area contributed by atoms with E-state index in [9.17, 15) is 13.2 Å². The zero-order valence-electron chi connectivity index (χ0n) is 8.88. The van der Waals surface area contributed by atoms with Gasteiger partial charge < -0.3 is 5.32 Å². The van der Waals surface area contributed by atoms with Gasteiger partial charge in [0, 0.05) is 12.7 Å². The van der Waals surface area contributed by atoms with Crippen molar-refractivity contribution in [3.8, 4) is 0 Å². The Hall–Kier alpha value is -1.26. The predicted octanol–water partition coefficient (Wildman–Crippen LogP) is 3.17. The second-order valence-electron chi connectivity index (χ2n) is 4.28. The number of rotatable bonds is 3. The minimum absolute atomic E-state index is 0.300. The van der Waals surface area contributed by atoms with Crippen LogP contribution in [-0.2, 0) is 6.18 Å². The summed E-state index contributed by atoms with van der Waals surface area (Å²) in [5.41, 5.74) is -0.658. The molecule has 0 aromatic carbocycles. The first kappa shape index (κ1) is 11.2. The molecule has 0 spiro atoms. The van der Waals surface area contributed by atoms with Gasteiger partial charge in [-0.2, -0.15) is 13.2 Å². The Labute approximate surface area is 91.9 Å². The highest BCUT2D eigenvalue weighted by Crippen LogP contribution is 2.37. The van der Waals surface area contributed by atoms with E-state index in [4.69, 9.17) is 0 Å². The van der Waals surface area contributed by atoms with Crippen LogP contribution < -0.4 is 5.32 Å². The van der Waals surface area contributed by atoms with Crippen LogP contribution in [0.2, 0.25) is 0 Å². The maximum atomic E-state index is 12.4. The second kappa shape index (κ2) is 3.96. The van der Waals surface area contributed by atoms with Gasteiger partial charge in [-0.05, 0) is 30.4 Å². The van der Waals surface area contributed by atoms with Gasteiger partial charge in [0.25, 0.3) is 0 Å². The van der Waals surface area contributed by atoms with Gasteiger partial charge in [0.15, 0.2) is 0 Å². The van der Waals surface area contributed by atoms with Crippen LogP contribution >= 0.6 is 0 Å². The maximum absolute atomic E-state index is 12.4. The average molecular weight is 230 g/mol. The fraction of sp³-hybridized carbons (Fsp3) is 0.545. The first-order valence-electron chi connectivity index (χ1n) is 5.24. The average Bonchev–Trinajstić information content (AvgIpc) is 2.91. The van der Waals surface area contributed by atoms with Gasteiger partial charge in [-0.1, -0.05) is 6.92 Å². The molecule has 1 fully saturated rings. The molecule has 1 aliphatic carbocycles. The van der Waals surface area contributed by atoms with Crippen LogP contribution in [0.5, 0.6) is 0 Å². The van der Waals surface area contributed by atoms with Crippen LogP contribution in [0.25, 0.3) is 0 Å². The van der Waals surface area contributed by atoms with E-state index in [1.54, 1.807) is 0 Å². The first-order chi connectivity index (χ1) is 7.47. The van der Waals surface area contributed by atoms with Crippen molar-refractivity contribution >= 4 is 5.82 Å². The Balaban J connectivity index is 1.99. The van der Waals surface area contributed by atoms with Gasteiger partial charge in [-0.3, -0.25) is 0 Å². The van der Waals surface area contributed by atoms with Crippen molar-refractivity contribution < 1.29 is 13.2 Å². The largest absolute Gasteiger partial charge is 0.416 e. The zero-order valence-corrected chi connectivity index (χ0v) is 8.88. The van der Waals surface area contributed by atoms with E-state index >= 15 is 0 Å². The fourth-order valence-corrected chi connectivity index (χ4v) is 1.62. The molecule has 16 heavy (non-hydrogen) atoms. The van der Waals surface area contributed by atoms with Crippen LogP contribution in [0.1, 0.15) is 18.9 Å². The number of hydrogen-bond acceptors (Lipinski definition) is 2. The summed E-state index contributed by atoms with van der Waals surface area (Å²) in [6.45, 7) is 2.83. The highest BCUT2D eigenvalue weighted by Gasteiger charge is 2.33. The van der Waals surface area contributed by atoms with E-state index in [2.05, 4.69) is 17.2 Å². The third-order valence-electron chi connectivity index (χ3n) is 2.91. The van der Waals surface area contributed by atoms with Gasteiger partial charge in [-0.25, -0.2) is 4.98 Å². The van der Waals surface area contributed by atoms with Crippen molar-refractivity contribution in [3.05, 3.63) is 23.9 Å². The number of pyridine rings is 1. The van der Waals surface area contributed by atoms with Crippen LogP contribution in [0, 0.1) is 11.8 Å². The molecule has 0 aliphatic heterocycles. The minimum atomic E-state index is -4.30. The Morgan fingerprint density at radius 3 is 2.75 bits per heavy atom. The summed E-state index contributed by atoms with van der Waals surface area (Å²) in [7, 11) is 0. The molecular formula is C11H13F3N2. The molecule has 2 atom stereocenters. The number of nitrogens with one attached hydrogen (secondary N) is 1. The van der Waals surface area contributed by atoms with E-state index in [-0.39, 0.29) is 0 Å². The molecule has 0 saturated heterocycles. The normalized spacial score (nSPS) is 24.2. The van der Waals surface area contributed by atoms with Crippen LogP contribution in [-0.4, -0.2) is 11.5 Å². The quantitative estimate of drug-likeness (QED) is 0.862. The molecule has 1 aromatic heterocycles. The lowest BCUT2D eigenvalue weighted by Crippen LogP contribution is -2.09. The van der Waals surface area contributed by atoms with Gasteiger partial charge in [0.2, 0.25) is 0 Å². The highest BCUT2D eigenvalue weighted by atomic mass is 19.4. The summed E-state index contributed by atoms with van der Waals surface area (Å²) in [6, 6.07) is 2.03. The lowest BCUT2D eigenvalue weighted by molar-refractivity contribution is -0.137. The van der Waals surface area contributed by atoms with Crippen LogP contribution in [0.4, 0.5) is 19.0 Å². The maximum Gasteiger partial charge on any atom is 0.416 e. The minimum Gasteiger partial charge on any atom is -0.370 e. The number of aromatic nitrogens is 1. The summed E-state index contributed by atoms with van der Waals surface area (Å²) >= 11 is 0. The second-order valence-corrected chi connectivity index (χ2v) is 4.28. The molecule has 1 heterocycles. The van der Waals surface area contributed by atoms with Crippen molar-refractivity contribution in [2.45, 2.75) is 19.5 Å². The van der Waals surface area contributed by atoms with Crippen molar-refractivity contribution in [2.24, 2.45) is 11.8 Å². The van der Waals surface area contributed by atoms with Gasteiger partial charge >= 0.3 is 6.18 Å². The van der Waals surface area contributed by atoms with E-state index < -0.39 is 11.7 Å². The number of hydrogen-bond donors (Lipinski definition) is 1. The van der Waals surface area contributed by atoms with Crippen molar-refractivity contribution in [2.75, 3.05) is 11.9 Å². The van der Waals surface area contributed by atoms with Crippen LogP contribution in [0.3, 0.4) is 0 Å². The Morgan fingerprint density at radius 1 is 1.50 bits per heavy atom. The summed E-state index contributed by atoms with van der Waals surface area (Å²) in [5, 5.41) is 2.94. The van der Waals surface area contributed by atoms with Gasteiger partial charge in [0.05, 0.1) is 5.56 Å². The molecule has 2 unspecified atom stereocenters. The lowest BCUT2D eigenvalue weighted by atomic mass is 10.2. The van der Waals surface area contributed by atoms with Crippen LogP contribution in [0.15, 0.2) is 18.3 Å². The smallest absolute Gasteiger partial charge is 0.370 e. The van der Waals surface area contributed by atoms with Gasteiger partial charge in [-0.15, -0.1) is 0 Å². The summed E-state index contributed by atoms with van der Waals surface area (Å²) < 4.78 is 37.2. The number of alkyl halides is 3. The van der Waals surface area contributed by atoms with Crippen molar-refractivity contribution in [3.63, 3.8) is 0 Å². The molecule has 2 rings (SSSR count). The third-order valence-corrected chi connectivity index (χ3v) is 2.91. The molecule has 0 bridgehead atoms. The zero-order chi connectivity index (χ0) is 11.8. The molecule has 1 N–H and O–H groups in total. The first-order valence-corrected chi connectivity index (χ1v) is 5.24. The molecule has 2 nitrogen and oxygen atoms in total. The fourth-order valence-electron chi connectivity index (χ4n) is 1.62. The molecule has 1 saturated carbocycles. The molecule has 1 aromatic rings. The highest BCUT2D eigenvalue weighted by molar-refractivity contribution is 5.38. The van der Waals surface area contributed by atoms with E-state index in [1.165, 1.54) is 6.20 Å². The summed E-state index contributed by atoms with van der Waals surface area (Å²) in [6.07, 6.45) is -1.97. The number of nitrogens with zero attached hydrogens (tertiary/aromatic N) is 1. The number of halogens is 3. The predicted molar refractivity (Wildman–Crippen MR) is 55.0 cm³/mol. The summed E-state index contributed by atoms with van der Waals surface area (Å²) in [5.74, 6) is 1.56. The SMILES string of the molecule is CC1CC1CNc1cc(C(F)(F)F)ccn1. The molecule has 0 radical (unpaired) electrons. The Morgan fingerprint density at radius 2 is 2.19 bits per heavy atom. The van der Waals surface area contributed by atoms with Crippen molar-refractivity contribution in [1.82, 2.24) is 4.98 Å². The summed E-state index contributed by atoms with van der Waals surface area (Å²) in [4.78, 5) is 3.87. The Kier molecular flexibility index (Phi) is 2.78.